The van der Waals surface area contributed by atoms with E-state index in [4.69, 9.17) is 0 Å². The molecule has 0 aliphatic heterocycles. The fourth-order valence-electron chi connectivity index (χ4n) is 3.35. The van der Waals surface area contributed by atoms with Crippen LogP contribution in [0.4, 0.5) is 0 Å². The molecule has 2 N–H and O–H groups in total. The first-order valence-electron chi connectivity index (χ1n) is 11.2. The summed E-state index contributed by atoms with van der Waals surface area (Å²) < 4.78 is 0. The van der Waals surface area contributed by atoms with E-state index in [1.165, 1.54) is 64.2 Å². The second-order valence-corrected chi connectivity index (χ2v) is 7.69. The number of carbonyl (C=O) groups excluding carboxylic acids is 2. The van der Waals surface area contributed by atoms with E-state index in [0.717, 1.165) is 19.3 Å². The smallest absolute Gasteiger partial charge is 0.222 e. The largest absolute Gasteiger partial charge is 0.367 e. The highest BCUT2D eigenvalue weighted by Gasteiger charge is 2.18. The van der Waals surface area contributed by atoms with Gasteiger partial charge in [-0.25, -0.2) is 0 Å². The molecule has 1 rings (SSSR count). The quantitative estimate of drug-likeness (QED) is 0.201. The van der Waals surface area contributed by atoms with Gasteiger partial charge in [0.05, 0.1) is 0 Å². The number of rotatable bonds is 17. The van der Waals surface area contributed by atoms with Gasteiger partial charge in [0.1, 0.15) is 0 Å². The molecule has 0 aromatic heterocycles. The van der Waals surface area contributed by atoms with E-state index in [2.05, 4.69) is 12.2 Å². The monoisotopic (exact) mass is 389 g/mol. The Morgan fingerprint density at radius 3 is 1.75 bits per heavy atom. The number of hydrogen-bond acceptors (Lipinski definition) is 3. The van der Waals surface area contributed by atoms with Gasteiger partial charge in [0.25, 0.3) is 0 Å². The molecule has 1 amide bonds. The minimum Gasteiger partial charge on any atom is -0.367 e. The van der Waals surface area contributed by atoms with E-state index in [9.17, 15) is 14.7 Å². The van der Waals surface area contributed by atoms with Crippen LogP contribution in [0.1, 0.15) is 107 Å². The van der Waals surface area contributed by atoms with Crippen molar-refractivity contribution in [2.24, 2.45) is 0 Å². The zero-order valence-electron chi connectivity index (χ0n) is 17.6. The fourth-order valence-corrected chi connectivity index (χ4v) is 3.35. The Morgan fingerprint density at radius 2 is 1.25 bits per heavy atom. The van der Waals surface area contributed by atoms with Gasteiger partial charge >= 0.3 is 0 Å². The molecule has 0 saturated carbocycles. The van der Waals surface area contributed by atoms with E-state index in [1.807, 2.05) is 0 Å². The van der Waals surface area contributed by atoms with Crippen molar-refractivity contribution >= 4 is 11.7 Å². The Morgan fingerprint density at radius 1 is 0.786 bits per heavy atom. The van der Waals surface area contributed by atoms with Crippen LogP contribution in [0.15, 0.2) is 30.3 Å². The summed E-state index contributed by atoms with van der Waals surface area (Å²) in [5.74, 6) is -0.737. The minimum absolute atomic E-state index is 0.264. The van der Waals surface area contributed by atoms with Crippen LogP contribution in [0.2, 0.25) is 0 Å². The molecule has 0 saturated heterocycles. The Kier molecular flexibility index (Phi) is 14.2. The number of Topliss-reactive ketones (excluding diaryl/α,β-unsaturated/α-hetero) is 1. The molecule has 0 radical (unpaired) electrons. The lowest BCUT2D eigenvalue weighted by Crippen LogP contribution is -2.40. The molecule has 0 aliphatic carbocycles. The van der Waals surface area contributed by atoms with Gasteiger partial charge in [-0.05, 0) is 6.42 Å². The highest BCUT2D eigenvalue weighted by atomic mass is 16.3. The van der Waals surface area contributed by atoms with E-state index in [-0.39, 0.29) is 5.91 Å². The van der Waals surface area contributed by atoms with Crippen LogP contribution in [0.25, 0.3) is 0 Å². The minimum atomic E-state index is -1.46. The highest BCUT2D eigenvalue weighted by Crippen LogP contribution is 2.13. The third-order valence-electron chi connectivity index (χ3n) is 5.11. The third kappa shape index (κ3) is 11.9. The molecule has 0 heterocycles. The summed E-state index contributed by atoms with van der Waals surface area (Å²) >= 11 is 0. The molecular weight excluding hydrogens is 350 g/mol. The SMILES string of the molecule is CCCCCCCCCCCCCCCC(=O)NC(O)C(=O)c1ccccc1. The summed E-state index contributed by atoms with van der Waals surface area (Å²) in [7, 11) is 0. The van der Waals surface area contributed by atoms with E-state index < -0.39 is 12.0 Å². The molecule has 1 aromatic carbocycles. The van der Waals surface area contributed by atoms with Crippen LogP contribution in [0.3, 0.4) is 0 Å². The zero-order chi connectivity index (χ0) is 20.5. The summed E-state index contributed by atoms with van der Waals surface area (Å²) in [5.41, 5.74) is 0.399. The van der Waals surface area contributed by atoms with Crippen LogP contribution < -0.4 is 5.32 Å². The van der Waals surface area contributed by atoms with Crippen LogP contribution in [-0.4, -0.2) is 23.0 Å². The lowest BCUT2D eigenvalue weighted by molar-refractivity contribution is -0.123. The van der Waals surface area contributed by atoms with Crippen molar-refractivity contribution < 1.29 is 14.7 Å². The third-order valence-corrected chi connectivity index (χ3v) is 5.11. The summed E-state index contributed by atoms with van der Waals surface area (Å²) in [6.07, 6.45) is 15.3. The zero-order valence-corrected chi connectivity index (χ0v) is 17.6. The van der Waals surface area contributed by atoms with Gasteiger partial charge in [0.2, 0.25) is 11.7 Å². The average Bonchev–Trinajstić information content (AvgIpc) is 2.71. The van der Waals surface area contributed by atoms with Gasteiger partial charge in [0, 0.05) is 12.0 Å². The van der Waals surface area contributed by atoms with Crippen molar-refractivity contribution in [1.82, 2.24) is 5.32 Å². The van der Waals surface area contributed by atoms with Crippen LogP contribution in [0.5, 0.6) is 0 Å². The maximum atomic E-state index is 12.0. The maximum Gasteiger partial charge on any atom is 0.222 e. The van der Waals surface area contributed by atoms with Gasteiger partial charge in [-0.15, -0.1) is 0 Å². The van der Waals surface area contributed by atoms with E-state index in [1.54, 1.807) is 30.3 Å². The van der Waals surface area contributed by atoms with Gasteiger partial charge in [-0.1, -0.05) is 114 Å². The molecule has 0 spiro atoms. The summed E-state index contributed by atoms with van der Waals surface area (Å²) in [4.78, 5) is 23.9. The van der Waals surface area contributed by atoms with Gasteiger partial charge < -0.3 is 10.4 Å². The molecule has 1 unspecified atom stereocenters. The first-order valence-corrected chi connectivity index (χ1v) is 11.2. The fraction of sp³-hybridized carbons (Fsp3) is 0.667. The molecule has 0 fully saturated rings. The maximum absolute atomic E-state index is 12.0. The van der Waals surface area contributed by atoms with Gasteiger partial charge in [-0.3, -0.25) is 9.59 Å². The first-order chi connectivity index (χ1) is 13.6. The second kappa shape index (κ2) is 16.3. The van der Waals surface area contributed by atoms with E-state index >= 15 is 0 Å². The highest BCUT2D eigenvalue weighted by molar-refractivity contribution is 6.00. The number of aliphatic hydroxyl groups excluding tert-OH is 1. The predicted molar refractivity (Wildman–Crippen MR) is 115 cm³/mol. The number of ketones is 1. The normalized spacial score (nSPS) is 11.9. The number of amides is 1. The standard InChI is InChI=1S/C24H39NO3/c1-2-3-4-5-6-7-8-9-10-11-12-13-17-20-22(26)25-24(28)23(27)21-18-15-14-16-19-21/h14-16,18-19,24,28H,2-13,17,20H2,1H3,(H,25,26). The van der Waals surface area contributed by atoms with Crippen molar-refractivity contribution in [3.63, 3.8) is 0 Å². The summed E-state index contributed by atoms with van der Waals surface area (Å²) in [5, 5.41) is 12.3. The molecule has 158 valence electrons. The molecule has 28 heavy (non-hydrogen) atoms. The Labute approximate surface area is 171 Å². The number of aliphatic hydroxyl groups is 1. The van der Waals surface area contributed by atoms with Gasteiger partial charge in [0.15, 0.2) is 6.23 Å². The summed E-state index contributed by atoms with van der Waals surface area (Å²) in [6, 6.07) is 8.52. The number of hydrogen-bond donors (Lipinski definition) is 2. The lowest BCUT2D eigenvalue weighted by Gasteiger charge is -2.12. The number of benzene rings is 1. The van der Waals surface area contributed by atoms with Crippen molar-refractivity contribution in [2.75, 3.05) is 0 Å². The van der Waals surface area contributed by atoms with E-state index in [0.29, 0.717) is 12.0 Å². The molecular formula is C24H39NO3. The van der Waals surface area contributed by atoms with Crippen LogP contribution in [-0.2, 0) is 4.79 Å². The Bertz CT molecular complexity index is 530. The molecule has 0 bridgehead atoms. The van der Waals surface area contributed by atoms with Crippen LogP contribution >= 0.6 is 0 Å². The predicted octanol–water partition coefficient (Wildman–Crippen LogP) is 5.79. The lowest BCUT2D eigenvalue weighted by atomic mass is 10.0. The van der Waals surface area contributed by atoms with Crippen molar-refractivity contribution in [3.05, 3.63) is 35.9 Å². The molecule has 1 aromatic rings. The first kappa shape index (κ1) is 24.4. The van der Waals surface area contributed by atoms with Crippen molar-refractivity contribution in [2.45, 2.75) is 103 Å². The molecule has 4 nitrogen and oxygen atoms in total. The van der Waals surface area contributed by atoms with Crippen molar-refractivity contribution in [3.8, 4) is 0 Å². The topological polar surface area (TPSA) is 66.4 Å². The molecule has 0 aliphatic rings. The second-order valence-electron chi connectivity index (χ2n) is 7.69. The average molecular weight is 390 g/mol. The molecule has 4 heteroatoms. The molecule has 1 atom stereocenters. The van der Waals surface area contributed by atoms with Gasteiger partial charge in [-0.2, -0.15) is 0 Å². The van der Waals surface area contributed by atoms with Crippen LogP contribution in [0, 0.1) is 0 Å². The summed E-state index contributed by atoms with van der Waals surface area (Å²) in [6.45, 7) is 2.25. The number of unbranched alkanes of at least 4 members (excludes halogenated alkanes) is 12. The Hall–Kier alpha value is -1.68. The number of carbonyl (C=O) groups is 2. The number of nitrogens with one attached hydrogen (secondary N) is 1. The Balaban J connectivity index is 1.94. The van der Waals surface area contributed by atoms with Crippen molar-refractivity contribution in [1.29, 1.82) is 0 Å².